The van der Waals surface area contributed by atoms with Gasteiger partial charge in [0, 0.05) is 10.7 Å². The number of ether oxygens (including phenoxy) is 1. The van der Waals surface area contributed by atoms with Gasteiger partial charge in [0.2, 0.25) is 0 Å². The first-order valence-electron chi connectivity index (χ1n) is 5.65. The van der Waals surface area contributed by atoms with Crippen LogP contribution in [0.3, 0.4) is 0 Å². The van der Waals surface area contributed by atoms with Crippen LogP contribution in [0.1, 0.15) is 37.6 Å². The zero-order valence-electron chi connectivity index (χ0n) is 10.4. The monoisotopic (exact) mass is 255 g/mol. The van der Waals surface area contributed by atoms with Crippen molar-refractivity contribution in [1.29, 1.82) is 0 Å². The van der Waals surface area contributed by atoms with E-state index in [2.05, 4.69) is 13.8 Å². The number of anilines is 1. The first-order chi connectivity index (χ1) is 7.88. The van der Waals surface area contributed by atoms with Crippen LogP contribution in [0.4, 0.5) is 5.69 Å². The van der Waals surface area contributed by atoms with E-state index in [9.17, 15) is 4.79 Å². The summed E-state index contributed by atoms with van der Waals surface area (Å²) in [6.07, 6.45) is 0.727. The Bertz CT molecular complexity index is 384. The molecule has 17 heavy (non-hydrogen) atoms. The van der Waals surface area contributed by atoms with Gasteiger partial charge < -0.3 is 10.5 Å². The summed E-state index contributed by atoms with van der Waals surface area (Å²) in [4.78, 5) is 11.8. The molecule has 0 saturated heterocycles. The highest BCUT2D eigenvalue weighted by Crippen LogP contribution is 2.18. The van der Waals surface area contributed by atoms with Crippen molar-refractivity contribution in [3.8, 4) is 0 Å². The van der Waals surface area contributed by atoms with Crippen LogP contribution in [0.5, 0.6) is 0 Å². The van der Waals surface area contributed by atoms with Crippen LogP contribution in [0.15, 0.2) is 18.2 Å². The fourth-order valence-electron chi connectivity index (χ4n) is 1.69. The van der Waals surface area contributed by atoms with E-state index in [0.717, 1.165) is 6.42 Å². The average Bonchev–Trinajstić information content (AvgIpc) is 2.14. The smallest absolute Gasteiger partial charge is 0.338 e. The number of rotatable bonds is 4. The second-order valence-electron chi connectivity index (χ2n) is 4.62. The lowest BCUT2D eigenvalue weighted by Crippen LogP contribution is -2.17. The van der Waals surface area contributed by atoms with Gasteiger partial charge in [-0.3, -0.25) is 0 Å². The van der Waals surface area contributed by atoms with Crippen molar-refractivity contribution < 1.29 is 9.53 Å². The minimum absolute atomic E-state index is 0.109. The number of halogens is 1. The van der Waals surface area contributed by atoms with Crippen molar-refractivity contribution in [3.63, 3.8) is 0 Å². The lowest BCUT2D eigenvalue weighted by Gasteiger charge is -2.15. The van der Waals surface area contributed by atoms with Gasteiger partial charge in [0.25, 0.3) is 0 Å². The predicted octanol–water partition coefficient (Wildman–Crippen LogP) is 3.51. The number of nitrogens with two attached hydrogens (primary N) is 1. The molecule has 0 bridgehead atoms. The normalized spacial score (nSPS) is 12.5. The molecule has 1 unspecified atom stereocenters. The Morgan fingerprint density at radius 2 is 2.00 bits per heavy atom. The summed E-state index contributed by atoms with van der Waals surface area (Å²) >= 11 is 5.83. The highest BCUT2D eigenvalue weighted by atomic mass is 35.5. The summed E-state index contributed by atoms with van der Waals surface area (Å²) in [7, 11) is 0. The maximum Gasteiger partial charge on any atom is 0.338 e. The number of hydrogen-bond acceptors (Lipinski definition) is 3. The van der Waals surface area contributed by atoms with Crippen LogP contribution in [-0.4, -0.2) is 12.1 Å². The standard InChI is InChI=1S/C13H18ClNO2/c1-8(2)4-9(3)17-13(16)10-5-11(14)7-12(15)6-10/h5-9H,4,15H2,1-3H3. The number of hydrogen-bond donors (Lipinski definition) is 1. The largest absolute Gasteiger partial charge is 0.459 e. The number of carbonyl (C=O) groups excluding carboxylic acids is 1. The summed E-state index contributed by atoms with van der Waals surface area (Å²) in [5.41, 5.74) is 6.47. The molecule has 1 aromatic carbocycles. The summed E-state index contributed by atoms with van der Waals surface area (Å²) in [5, 5.41) is 0.438. The van der Waals surface area contributed by atoms with Crippen molar-refractivity contribution in [3.05, 3.63) is 28.8 Å². The molecule has 3 nitrogen and oxygen atoms in total. The van der Waals surface area contributed by atoms with E-state index < -0.39 is 0 Å². The quantitative estimate of drug-likeness (QED) is 0.662. The molecular formula is C13H18ClNO2. The van der Waals surface area contributed by atoms with Gasteiger partial charge in [-0.05, 0) is 37.5 Å². The molecule has 4 heteroatoms. The maximum absolute atomic E-state index is 11.8. The van der Waals surface area contributed by atoms with Crippen LogP contribution in [0.2, 0.25) is 5.02 Å². The van der Waals surface area contributed by atoms with E-state index in [4.69, 9.17) is 22.1 Å². The Kier molecular flexibility index (Phi) is 4.82. The number of esters is 1. The minimum atomic E-state index is -0.382. The summed E-state index contributed by atoms with van der Waals surface area (Å²) in [5.74, 6) is 0.106. The zero-order chi connectivity index (χ0) is 13.0. The van der Waals surface area contributed by atoms with Gasteiger partial charge in [-0.25, -0.2) is 4.79 Å². The molecule has 0 spiro atoms. The van der Waals surface area contributed by atoms with Crippen LogP contribution in [0, 0.1) is 5.92 Å². The molecule has 0 amide bonds. The van der Waals surface area contributed by atoms with Gasteiger partial charge in [0.05, 0.1) is 11.7 Å². The van der Waals surface area contributed by atoms with Crippen molar-refractivity contribution in [2.75, 3.05) is 5.73 Å². The molecule has 0 saturated carbocycles. The third-order valence-electron chi connectivity index (χ3n) is 2.27. The number of benzene rings is 1. The lowest BCUT2D eigenvalue weighted by atomic mass is 10.1. The second kappa shape index (κ2) is 5.92. The Balaban J connectivity index is 2.69. The van der Waals surface area contributed by atoms with E-state index in [1.807, 2.05) is 6.92 Å². The van der Waals surface area contributed by atoms with E-state index >= 15 is 0 Å². The molecule has 1 rings (SSSR count). The Hall–Kier alpha value is -1.22. The second-order valence-corrected chi connectivity index (χ2v) is 5.06. The van der Waals surface area contributed by atoms with Crippen LogP contribution in [0.25, 0.3) is 0 Å². The number of carbonyl (C=O) groups is 1. The fraction of sp³-hybridized carbons (Fsp3) is 0.462. The van der Waals surface area contributed by atoms with Crippen molar-refractivity contribution in [1.82, 2.24) is 0 Å². The third kappa shape index (κ3) is 4.65. The Morgan fingerprint density at radius 3 is 2.53 bits per heavy atom. The van der Waals surface area contributed by atoms with Crippen LogP contribution < -0.4 is 5.73 Å². The van der Waals surface area contributed by atoms with E-state index in [0.29, 0.717) is 22.2 Å². The summed E-state index contributed by atoms with van der Waals surface area (Å²) in [6.45, 7) is 6.05. The predicted molar refractivity (Wildman–Crippen MR) is 70.2 cm³/mol. The van der Waals surface area contributed by atoms with Crippen molar-refractivity contribution in [2.45, 2.75) is 33.3 Å². The van der Waals surface area contributed by atoms with E-state index in [1.165, 1.54) is 0 Å². The van der Waals surface area contributed by atoms with Gasteiger partial charge in [-0.1, -0.05) is 25.4 Å². The molecule has 94 valence electrons. The summed E-state index contributed by atoms with van der Waals surface area (Å²) < 4.78 is 5.30. The first-order valence-corrected chi connectivity index (χ1v) is 6.03. The minimum Gasteiger partial charge on any atom is -0.459 e. The maximum atomic E-state index is 11.8. The Labute approximate surface area is 107 Å². The molecule has 1 aromatic rings. The van der Waals surface area contributed by atoms with Gasteiger partial charge >= 0.3 is 5.97 Å². The van der Waals surface area contributed by atoms with Gasteiger partial charge in [-0.2, -0.15) is 0 Å². The zero-order valence-corrected chi connectivity index (χ0v) is 11.1. The molecular weight excluding hydrogens is 238 g/mol. The molecule has 0 radical (unpaired) electrons. The van der Waals surface area contributed by atoms with E-state index in [1.54, 1.807) is 18.2 Å². The lowest BCUT2D eigenvalue weighted by molar-refractivity contribution is 0.0300. The van der Waals surface area contributed by atoms with Crippen LogP contribution >= 0.6 is 11.6 Å². The van der Waals surface area contributed by atoms with Crippen molar-refractivity contribution in [2.24, 2.45) is 5.92 Å². The molecule has 0 fully saturated rings. The van der Waals surface area contributed by atoms with Gasteiger partial charge in [-0.15, -0.1) is 0 Å². The topological polar surface area (TPSA) is 52.3 Å². The highest BCUT2D eigenvalue weighted by molar-refractivity contribution is 6.31. The molecule has 0 aliphatic heterocycles. The SMILES string of the molecule is CC(C)CC(C)OC(=O)c1cc(N)cc(Cl)c1. The highest BCUT2D eigenvalue weighted by Gasteiger charge is 2.14. The molecule has 0 aliphatic rings. The first kappa shape index (κ1) is 13.8. The molecule has 0 aromatic heterocycles. The Morgan fingerprint density at radius 1 is 1.35 bits per heavy atom. The molecule has 2 N–H and O–H groups in total. The third-order valence-corrected chi connectivity index (χ3v) is 2.49. The average molecular weight is 256 g/mol. The molecule has 0 aliphatic carbocycles. The van der Waals surface area contributed by atoms with E-state index in [-0.39, 0.29) is 12.1 Å². The van der Waals surface area contributed by atoms with Crippen molar-refractivity contribution >= 4 is 23.3 Å². The van der Waals surface area contributed by atoms with Gasteiger partial charge in [0.15, 0.2) is 0 Å². The van der Waals surface area contributed by atoms with Gasteiger partial charge in [0.1, 0.15) is 0 Å². The molecule has 0 heterocycles. The molecule has 1 atom stereocenters. The fourth-order valence-corrected chi connectivity index (χ4v) is 1.94. The number of nitrogen functional groups attached to an aromatic ring is 1. The summed E-state index contributed by atoms with van der Waals surface area (Å²) in [6, 6.07) is 4.72. The van der Waals surface area contributed by atoms with Crippen LogP contribution in [-0.2, 0) is 4.74 Å².